The molecule has 0 amide bonds. The van der Waals surface area contributed by atoms with E-state index in [0.717, 1.165) is 6.42 Å². The lowest BCUT2D eigenvalue weighted by Crippen LogP contribution is -1.93. The first kappa shape index (κ1) is 23.7. The van der Waals surface area contributed by atoms with Crippen LogP contribution in [-0.2, 0) is 6.42 Å². The second-order valence-electron chi connectivity index (χ2n) is 10.9. The summed E-state index contributed by atoms with van der Waals surface area (Å²) in [7, 11) is 0. The molecule has 0 radical (unpaired) electrons. The van der Waals surface area contributed by atoms with Crippen LogP contribution in [0.5, 0.6) is 0 Å². The lowest BCUT2D eigenvalue weighted by atomic mass is 9.85. The molecule has 0 atom stereocenters. The molecule has 0 unspecified atom stereocenters. The number of benzene rings is 7. The lowest BCUT2D eigenvalue weighted by Gasteiger charge is -2.18. The van der Waals surface area contributed by atoms with Gasteiger partial charge >= 0.3 is 0 Å². The number of allylic oxidation sites excluding steroid dienone is 3. The number of fused-ring (bicyclic) bond motifs is 4. The zero-order valence-corrected chi connectivity index (χ0v) is 22.7. The summed E-state index contributed by atoms with van der Waals surface area (Å²) in [4.78, 5) is 0. The van der Waals surface area contributed by atoms with E-state index in [4.69, 9.17) is 0 Å². The molecule has 0 N–H and O–H groups in total. The van der Waals surface area contributed by atoms with E-state index >= 15 is 0 Å². The van der Waals surface area contributed by atoms with E-state index in [2.05, 4.69) is 158 Å². The Hall–Kier alpha value is -5.20. The first-order valence-electron chi connectivity index (χ1n) is 14.3. The van der Waals surface area contributed by atoms with Crippen molar-refractivity contribution in [1.82, 2.24) is 0 Å². The van der Waals surface area contributed by atoms with Crippen molar-refractivity contribution >= 4 is 38.4 Å². The molecule has 0 saturated heterocycles. The van der Waals surface area contributed by atoms with Crippen LogP contribution in [0.1, 0.15) is 11.1 Å². The fraction of sp³-hybridized carbons (Fsp3) is 0.0244. The standard InChI is InChI=1S/C41H28/c1-2-11-28-21-26-33(27-32(28)13-3-1)41-38-18-8-6-16-36(38)40(37-17-7-9-19-39(37)41)31-24-22-30(23-25-31)35-20-10-14-29-12-4-5-15-34(29)35/h1-10,12-27H,11H2. The molecule has 0 nitrogen and oxygen atoms in total. The van der Waals surface area contributed by atoms with Crippen LogP contribution in [0.2, 0.25) is 0 Å². The SMILES string of the molecule is C1=CCc2ccc(-c3c4ccccc4c(-c4ccc(-c5cccc6ccccc56)cc4)c4ccccc34)cc2C=C1. The van der Waals surface area contributed by atoms with Crippen molar-refractivity contribution in [1.29, 1.82) is 0 Å². The molecule has 1 aliphatic rings. The van der Waals surface area contributed by atoms with Crippen molar-refractivity contribution in [3.8, 4) is 33.4 Å². The van der Waals surface area contributed by atoms with E-state index in [1.165, 1.54) is 76.8 Å². The molecular formula is C41H28. The minimum absolute atomic E-state index is 0.970. The van der Waals surface area contributed by atoms with Crippen molar-refractivity contribution in [2.24, 2.45) is 0 Å². The minimum Gasteiger partial charge on any atom is -0.0801 e. The van der Waals surface area contributed by atoms with Gasteiger partial charge in [-0.1, -0.05) is 152 Å². The van der Waals surface area contributed by atoms with Gasteiger partial charge in [-0.2, -0.15) is 0 Å². The van der Waals surface area contributed by atoms with Crippen LogP contribution in [0.25, 0.3) is 71.8 Å². The highest BCUT2D eigenvalue weighted by Crippen LogP contribution is 2.44. The Morgan fingerprint density at radius 1 is 0.415 bits per heavy atom. The van der Waals surface area contributed by atoms with Gasteiger partial charge in [0.2, 0.25) is 0 Å². The topological polar surface area (TPSA) is 0 Å². The van der Waals surface area contributed by atoms with E-state index in [-0.39, 0.29) is 0 Å². The predicted molar refractivity (Wildman–Crippen MR) is 177 cm³/mol. The highest BCUT2D eigenvalue weighted by molar-refractivity contribution is 6.21. The summed E-state index contributed by atoms with van der Waals surface area (Å²) in [5.41, 5.74) is 10.3. The van der Waals surface area contributed by atoms with Crippen LogP contribution in [0, 0.1) is 0 Å². The van der Waals surface area contributed by atoms with E-state index in [1.807, 2.05) is 0 Å². The van der Waals surface area contributed by atoms with Crippen LogP contribution >= 0.6 is 0 Å². The Labute approximate surface area is 240 Å². The van der Waals surface area contributed by atoms with Gasteiger partial charge in [-0.05, 0) is 89.3 Å². The maximum atomic E-state index is 2.37. The van der Waals surface area contributed by atoms with Gasteiger partial charge < -0.3 is 0 Å². The molecule has 8 rings (SSSR count). The molecule has 0 saturated carbocycles. The number of hydrogen-bond acceptors (Lipinski definition) is 0. The molecule has 1 aliphatic carbocycles. The summed E-state index contributed by atoms with van der Waals surface area (Å²) in [5.74, 6) is 0. The fourth-order valence-corrected chi connectivity index (χ4v) is 6.57. The molecule has 0 aliphatic heterocycles. The number of hydrogen-bond donors (Lipinski definition) is 0. The Morgan fingerprint density at radius 3 is 1.68 bits per heavy atom. The van der Waals surface area contributed by atoms with Crippen LogP contribution < -0.4 is 0 Å². The Bertz CT molecular complexity index is 2090. The summed E-state index contributed by atoms with van der Waals surface area (Å²) < 4.78 is 0. The Kier molecular flexibility index (Phi) is 5.64. The van der Waals surface area contributed by atoms with Gasteiger partial charge in [0, 0.05) is 0 Å². The highest BCUT2D eigenvalue weighted by atomic mass is 14.2. The Morgan fingerprint density at radius 2 is 0.976 bits per heavy atom. The average molecular weight is 521 g/mol. The van der Waals surface area contributed by atoms with E-state index in [0.29, 0.717) is 0 Å². The summed E-state index contributed by atoms with van der Waals surface area (Å²) in [6.45, 7) is 0. The second-order valence-corrected chi connectivity index (χ2v) is 10.9. The Balaban J connectivity index is 1.34. The normalized spacial score (nSPS) is 12.6. The third-order valence-electron chi connectivity index (χ3n) is 8.50. The van der Waals surface area contributed by atoms with Crippen molar-refractivity contribution in [2.75, 3.05) is 0 Å². The predicted octanol–water partition coefficient (Wildman–Crippen LogP) is 11.3. The third-order valence-corrected chi connectivity index (χ3v) is 8.50. The molecule has 0 aromatic heterocycles. The van der Waals surface area contributed by atoms with Gasteiger partial charge in [-0.15, -0.1) is 0 Å². The molecule has 7 aromatic rings. The molecule has 0 heteroatoms. The van der Waals surface area contributed by atoms with Gasteiger partial charge in [0.05, 0.1) is 0 Å². The maximum absolute atomic E-state index is 2.37. The largest absolute Gasteiger partial charge is 0.0801 e. The van der Waals surface area contributed by atoms with Crippen LogP contribution in [-0.4, -0.2) is 0 Å². The van der Waals surface area contributed by atoms with Crippen molar-refractivity contribution in [3.05, 3.63) is 163 Å². The molecule has 41 heavy (non-hydrogen) atoms. The van der Waals surface area contributed by atoms with Gasteiger partial charge in [-0.3, -0.25) is 0 Å². The zero-order valence-electron chi connectivity index (χ0n) is 22.7. The third kappa shape index (κ3) is 4.00. The molecule has 0 fully saturated rings. The molecule has 0 heterocycles. The van der Waals surface area contributed by atoms with Gasteiger partial charge in [0.25, 0.3) is 0 Å². The molecule has 0 bridgehead atoms. The quantitative estimate of drug-likeness (QED) is 0.203. The number of rotatable bonds is 3. The summed E-state index contributed by atoms with van der Waals surface area (Å²) >= 11 is 0. The molecule has 0 spiro atoms. The van der Waals surface area contributed by atoms with Crippen LogP contribution in [0.15, 0.2) is 152 Å². The second kappa shape index (κ2) is 9.77. The summed E-state index contributed by atoms with van der Waals surface area (Å²) in [6, 6.07) is 49.1. The van der Waals surface area contributed by atoms with Crippen molar-refractivity contribution < 1.29 is 0 Å². The van der Waals surface area contributed by atoms with E-state index < -0.39 is 0 Å². The highest BCUT2D eigenvalue weighted by Gasteiger charge is 2.17. The maximum Gasteiger partial charge on any atom is -0.00262 e. The molecule has 192 valence electrons. The average Bonchev–Trinajstić information content (AvgIpc) is 3.28. The van der Waals surface area contributed by atoms with Gasteiger partial charge in [-0.25, -0.2) is 0 Å². The van der Waals surface area contributed by atoms with Crippen LogP contribution in [0.3, 0.4) is 0 Å². The fourth-order valence-electron chi connectivity index (χ4n) is 6.57. The smallest absolute Gasteiger partial charge is 0.00262 e. The van der Waals surface area contributed by atoms with E-state index in [1.54, 1.807) is 0 Å². The van der Waals surface area contributed by atoms with Crippen molar-refractivity contribution in [2.45, 2.75) is 6.42 Å². The van der Waals surface area contributed by atoms with E-state index in [9.17, 15) is 0 Å². The van der Waals surface area contributed by atoms with Crippen molar-refractivity contribution in [3.63, 3.8) is 0 Å². The molecular weight excluding hydrogens is 492 g/mol. The summed E-state index contributed by atoms with van der Waals surface area (Å²) in [6.07, 6.45) is 9.73. The minimum atomic E-state index is 0.970. The lowest BCUT2D eigenvalue weighted by molar-refractivity contribution is 1.27. The van der Waals surface area contributed by atoms with Crippen LogP contribution in [0.4, 0.5) is 0 Å². The zero-order chi connectivity index (χ0) is 27.2. The van der Waals surface area contributed by atoms with Gasteiger partial charge in [0.1, 0.15) is 0 Å². The van der Waals surface area contributed by atoms with Gasteiger partial charge in [0.15, 0.2) is 0 Å². The first-order chi connectivity index (χ1) is 20.3. The first-order valence-corrected chi connectivity index (χ1v) is 14.3. The molecule has 7 aromatic carbocycles. The monoisotopic (exact) mass is 520 g/mol. The summed E-state index contributed by atoms with van der Waals surface area (Å²) in [5, 5.41) is 7.70.